The lowest BCUT2D eigenvalue weighted by Gasteiger charge is -2.22. The largest absolute Gasteiger partial charge is 0.324 e. The first-order valence-electron chi connectivity index (χ1n) is 5.48. The molecule has 0 aliphatic heterocycles. The van der Waals surface area contributed by atoms with Gasteiger partial charge >= 0.3 is 0 Å². The third kappa shape index (κ3) is 1.77. The summed E-state index contributed by atoms with van der Waals surface area (Å²) in [7, 11) is 0. The summed E-state index contributed by atoms with van der Waals surface area (Å²) in [6, 6.07) is 8.57. The van der Waals surface area contributed by atoms with E-state index in [1.807, 2.05) is 11.7 Å². The van der Waals surface area contributed by atoms with E-state index in [0.29, 0.717) is 0 Å². The second kappa shape index (κ2) is 3.68. The fourth-order valence-electron chi connectivity index (χ4n) is 2.52. The summed E-state index contributed by atoms with van der Waals surface area (Å²) in [4.78, 5) is 5.39. The molecular formula is C13H14N2S. The van der Waals surface area contributed by atoms with Crippen molar-refractivity contribution in [2.75, 3.05) is 0 Å². The Bertz CT molecular complexity index is 460. The van der Waals surface area contributed by atoms with Crippen molar-refractivity contribution in [3.63, 3.8) is 0 Å². The molecule has 0 saturated carbocycles. The van der Waals surface area contributed by atoms with Crippen LogP contribution in [0, 0.1) is 0 Å². The van der Waals surface area contributed by atoms with Crippen molar-refractivity contribution in [2.24, 2.45) is 5.73 Å². The van der Waals surface area contributed by atoms with Gasteiger partial charge in [-0.3, -0.25) is 4.98 Å². The summed E-state index contributed by atoms with van der Waals surface area (Å²) in [5.41, 5.74) is 11.1. The van der Waals surface area contributed by atoms with Crippen LogP contribution in [-0.2, 0) is 19.3 Å². The van der Waals surface area contributed by atoms with Crippen molar-refractivity contribution in [2.45, 2.75) is 24.8 Å². The topological polar surface area (TPSA) is 38.9 Å². The summed E-state index contributed by atoms with van der Waals surface area (Å²) in [5, 5.41) is 0. The molecule has 3 rings (SSSR count). The van der Waals surface area contributed by atoms with E-state index in [1.54, 1.807) is 11.3 Å². The molecule has 1 heterocycles. The van der Waals surface area contributed by atoms with E-state index in [-0.39, 0.29) is 5.54 Å². The van der Waals surface area contributed by atoms with E-state index >= 15 is 0 Å². The molecule has 16 heavy (non-hydrogen) atoms. The van der Waals surface area contributed by atoms with Crippen LogP contribution in [0.5, 0.6) is 0 Å². The van der Waals surface area contributed by atoms with E-state index in [1.165, 1.54) is 16.0 Å². The van der Waals surface area contributed by atoms with Gasteiger partial charge in [0.25, 0.3) is 0 Å². The van der Waals surface area contributed by atoms with Crippen molar-refractivity contribution >= 4 is 11.3 Å². The Balaban J connectivity index is 1.83. The lowest BCUT2D eigenvalue weighted by Crippen LogP contribution is -2.42. The molecule has 0 atom stereocenters. The van der Waals surface area contributed by atoms with Gasteiger partial charge in [-0.2, -0.15) is 0 Å². The Morgan fingerprint density at radius 3 is 2.50 bits per heavy atom. The Morgan fingerprint density at radius 1 is 1.25 bits per heavy atom. The third-order valence-corrected chi connectivity index (χ3v) is 3.99. The molecule has 3 heteroatoms. The first kappa shape index (κ1) is 10.00. The van der Waals surface area contributed by atoms with Crippen molar-refractivity contribution < 1.29 is 0 Å². The Labute approximate surface area is 99.1 Å². The molecule has 0 fully saturated rings. The number of fused-ring (bicyclic) bond motifs is 1. The molecule has 2 N–H and O–H groups in total. The highest BCUT2D eigenvalue weighted by atomic mass is 32.1. The number of aromatic nitrogens is 1. The zero-order chi connectivity index (χ0) is 11.0. The van der Waals surface area contributed by atoms with Crippen LogP contribution in [0.2, 0.25) is 0 Å². The average molecular weight is 230 g/mol. The van der Waals surface area contributed by atoms with Crippen LogP contribution in [0.1, 0.15) is 16.0 Å². The van der Waals surface area contributed by atoms with Gasteiger partial charge in [0.2, 0.25) is 0 Å². The lowest BCUT2D eigenvalue weighted by atomic mass is 9.92. The van der Waals surface area contributed by atoms with Crippen molar-refractivity contribution in [3.05, 3.63) is 52.0 Å². The van der Waals surface area contributed by atoms with Gasteiger partial charge in [-0.25, -0.2) is 0 Å². The standard InChI is InChI=1S/C13H14N2S/c14-13(7-12-8-15-9-16-12)5-10-3-1-2-4-11(10)6-13/h1-4,8-9H,5-7,14H2. The minimum atomic E-state index is -0.101. The molecule has 82 valence electrons. The number of hydrogen-bond acceptors (Lipinski definition) is 3. The Morgan fingerprint density at radius 2 is 1.94 bits per heavy atom. The monoisotopic (exact) mass is 230 g/mol. The molecule has 2 aromatic rings. The molecule has 0 saturated heterocycles. The molecule has 1 aromatic carbocycles. The van der Waals surface area contributed by atoms with Crippen LogP contribution in [-0.4, -0.2) is 10.5 Å². The van der Waals surface area contributed by atoms with Crippen LogP contribution < -0.4 is 5.73 Å². The molecule has 2 nitrogen and oxygen atoms in total. The van der Waals surface area contributed by atoms with Gasteiger partial charge in [-0.05, 0) is 24.0 Å². The summed E-state index contributed by atoms with van der Waals surface area (Å²) in [5.74, 6) is 0. The van der Waals surface area contributed by atoms with Gasteiger partial charge in [0, 0.05) is 23.0 Å². The van der Waals surface area contributed by atoms with Gasteiger partial charge in [-0.15, -0.1) is 11.3 Å². The smallest absolute Gasteiger partial charge is 0.0794 e. The van der Waals surface area contributed by atoms with Crippen LogP contribution in [0.25, 0.3) is 0 Å². The van der Waals surface area contributed by atoms with E-state index in [9.17, 15) is 0 Å². The van der Waals surface area contributed by atoms with Crippen molar-refractivity contribution in [3.8, 4) is 0 Å². The second-order valence-corrected chi connectivity index (χ2v) is 5.60. The van der Waals surface area contributed by atoms with Crippen LogP contribution in [0.3, 0.4) is 0 Å². The van der Waals surface area contributed by atoms with E-state index in [4.69, 9.17) is 5.73 Å². The van der Waals surface area contributed by atoms with Crippen LogP contribution >= 0.6 is 11.3 Å². The number of nitrogens with two attached hydrogens (primary N) is 1. The fraction of sp³-hybridized carbons (Fsp3) is 0.308. The van der Waals surface area contributed by atoms with Gasteiger partial charge < -0.3 is 5.73 Å². The fourth-order valence-corrected chi connectivity index (χ4v) is 3.27. The van der Waals surface area contributed by atoms with Gasteiger partial charge in [0.05, 0.1) is 5.51 Å². The van der Waals surface area contributed by atoms with Gasteiger partial charge in [-0.1, -0.05) is 24.3 Å². The number of nitrogens with zero attached hydrogens (tertiary/aromatic N) is 1. The quantitative estimate of drug-likeness (QED) is 0.859. The van der Waals surface area contributed by atoms with E-state index < -0.39 is 0 Å². The zero-order valence-electron chi connectivity index (χ0n) is 9.02. The van der Waals surface area contributed by atoms with Crippen LogP contribution in [0.4, 0.5) is 0 Å². The van der Waals surface area contributed by atoms with Crippen molar-refractivity contribution in [1.82, 2.24) is 4.98 Å². The number of benzene rings is 1. The SMILES string of the molecule is NC1(Cc2cncs2)Cc2ccccc2C1. The first-order valence-corrected chi connectivity index (χ1v) is 6.36. The third-order valence-electron chi connectivity index (χ3n) is 3.21. The van der Waals surface area contributed by atoms with Gasteiger partial charge in [0.15, 0.2) is 0 Å². The molecule has 0 amide bonds. The van der Waals surface area contributed by atoms with E-state index in [0.717, 1.165) is 19.3 Å². The molecule has 1 aromatic heterocycles. The zero-order valence-corrected chi connectivity index (χ0v) is 9.83. The molecular weight excluding hydrogens is 216 g/mol. The molecule has 0 unspecified atom stereocenters. The molecule has 0 spiro atoms. The maximum atomic E-state index is 6.48. The summed E-state index contributed by atoms with van der Waals surface area (Å²) in [6.07, 6.45) is 4.84. The predicted octanol–water partition coefficient (Wildman–Crippen LogP) is 2.18. The Kier molecular flexibility index (Phi) is 2.30. The van der Waals surface area contributed by atoms with E-state index in [2.05, 4.69) is 29.2 Å². The minimum Gasteiger partial charge on any atom is -0.324 e. The van der Waals surface area contributed by atoms with Gasteiger partial charge in [0.1, 0.15) is 0 Å². The highest BCUT2D eigenvalue weighted by Gasteiger charge is 2.33. The van der Waals surface area contributed by atoms with Crippen molar-refractivity contribution in [1.29, 1.82) is 0 Å². The normalized spacial score (nSPS) is 17.3. The average Bonchev–Trinajstić information content (AvgIpc) is 2.83. The molecule has 1 aliphatic carbocycles. The molecule has 0 radical (unpaired) electrons. The number of rotatable bonds is 2. The molecule has 1 aliphatic rings. The lowest BCUT2D eigenvalue weighted by molar-refractivity contribution is 0.449. The highest BCUT2D eigenvalue weighted by Crippen LogP contribution is 2.31. The maximum Gasteiger partial charge on any atom is 0.0794 e. The Hall–Kier alpha value is -1.19. The molecule has 0 bridgehead atoms. The predicted molar refractivity (Wildman–Crippen MR) is 66.6 cm³/mol. The summed E-state index contributed by atoms with van der Waals surface area (Å²) < 4.78 is 0. The summed E-state index contributed by atoms with van der Waals surface area (Å²) in [6.45, 7) is 0. The minimum absolute atomic E-state index is 0.101. The van der Waals surface area contributed by atoms with Crippen LogP contribution in [0.15, 0.2) is 36.0 Å². The number of thiazole rings is 1. The first-order chi connectivity index (χ1) is 7.75. The summed E-state index contributed by atoms with van der Waals surface area (Å²) >= 11 is 1.70. The highest BCUT2D eigenvalue weighted by molar-refractivity contribution is 7.09. The second-order valence-electron chi connectivity index (χ2n) is 4.63. The maximum absolute atomic E-state index is 6.48. The number of hydrogen-bond donors (Lipinski definition) is 1.